The van der Waals surface area contributed by atoms with Crippen LogP contribution in [0.25, 0.3) is 11.2 Å². The lowest BCUT2D eigenvalue weighted by molar-refractivity contribution is -0.157. The summed E-state index contributed by atoms with van der Waals surface area (Å²) in [7, 11) is -4.23. The van der Waals surface area contributed by atoms with Gasteiger partial charge < -0.3 is 23.6 Å². The standard InChI is InChI=1S/C27H47N5O5Si2/c1-24(2,3)23(33)31-20-17-21(29-15-28-20)32(16-30-17)22-18(37-39(12,13)26(7,8)9)19-27(35-19,36-22)14-34-38(10,11)25(4,5)6/h15-16,18-19,22H,14H2,1-13H3,(H,28,29,31,33)/t18-,19-,22-,27+/m1/s1. The van der Waals surface area contributed by atoms with Crippen molar-refractivity contribution in [2.24, 2.45) is 5.41 Å². The maximum Gasteiger partial charge on any atom is 0.230 e. The average Bonchev–Trinajstić information content (AvgIpc) is 3.16. The molecule has 2 saturated heterocycles. The number of carbonyl (C=O) groups excluding carboxylic acids is 1. The number of carbonyl (C=O) groups is 1. The molecular weight excluding hydrogens is 530 g/mol. The molecule has 0 unspecified atom stereocenters. The molecule has 4 rings (SSSR count). The van der Waals surface area contributed by atoms with Gasteiger partial charge in [0.1, 0.15) is 18.5 Å². The number of anilines is 1. The zero-order valence-corrected chi connectivity index (χ0v) is 27.9. The number of rotatable bonds is 7. The number of aromatic nitrogens is 4. The molecule has 1 N–H and O–H groups in total. The fourth-order valence-corrected chi connectivity index (χ4v) is 6.21. The molecule has 12 heteroatoms. The maximum absolute atomic E-state index is 12.7. The summed E-state index contributed by atoms with van der Waals surface area (Å²) in [5.41, 5.74) is 0.480. The Bertz CT molecular complexity index is 1240. The van der Waals surface area contributed by atoms with Gasteiger partial charge >= 0.3 is 0 Å². The number of ether oxygens (including phenoxy) is 2. The van der Waals surface area contributed by atoms with Crippen LogP contribution < -0.4 is 5.32 Å². The normalized spacial score (nSPS) is 26.1. The number of amides is 1. The largest absolute Gasteiger partial charge is 0.411 e. The van der Waals surface area contributed by atoms with Gasteiger partial charge in [-0.25, -0.2) is 15.0 Å². The van der Waals surface area contributed by atoms with E-state index in [9.17, 15) is 4.79 Å². The molecule has 0 aromatic carbocycles. The summed E-state index contributed by atoms with van der Waals surface area (Å²) in [6.45, 7) is 28.1. The lowest BCUT2D eigenvalue weighted by atomic mass is 9.96. The highest BCUT2D eigenvalue weighted by molar-refractivity contribution is 6.74. The van der Waals surface area contributed by atoms with Crippen molar-refractivity contribution in [2.45, 2.75) is 123 Å². The van der Waals surface area contributed by atoms with E-state index in [-0.39, 0.29) is 28.2 Å². The fraction of sp³-hybridized carbons (Fsp3) is 0.778. The highest BCUT2D eigenvalue weighted by atomic mass is 28.4. The zero-order valence-electron chi connectivity index (χ0n) is 25.9. The summed E-state index contributed by atoms with van der Waals surface area (Å²) in [6, 6.07) is 0. The van der Waals surface area contributed by atoms with Crippen molar-refractivity contribution in [3.8, 4) is 0 Å². The Hall–Kier alpha value is -1.71. The maximum atomic E-state index is 12.7. The van der Waals surface area contributed by atoms with Crippen LogP contribution in [0.1, 0.15) is 68.5 Å². The van der Waals surface area contributed by atoms with Crippen LogP contribution in [0.15, 0.2) is 12.7 Å². The fourth-order valence-electron chi connectivity index (χ4n) is 3.94. The third-order valence-electron chi connectivity index (χ3n) is 8.83. The molecule has 0 bridgehead atoms. The van der Waals surface area contributed by atoms with Gasteiger partial charge in [-0.15, -0.1) is 0 Å². The molecule has 10 nitrogen and oxygen atoms in total. The molecule has 2 fully saturated rings. The summed E-state index contributed by atoms with van der Waals surface area (Å²) >= 11 is 0. The molecule has 2 aliphatic heterocycles. The van der Waals surface area contributed by atoms with Gasteiger partial charge in [0.2, 0.25) is 11.7 Å². The van der Waals surface area contributed by atoms with E-state index in [4.69, 9.17) is 18.3 Å². The third kappa shape index (κ3) is 5.60. The Balaban J connectivity index is 1.68. The van der Waals surface area contributed by atoms with Gasteiger partial charge in [-0.3, -0.25) is 9.36 Å². The number of hydrogen-bond donors (Lipinski definition) is 1. The number of hydrogen-bond acceptors (Lipinski definition) is 8. The quantitative estimate of drug-likeness (QED) is 0.322. The molecule has 4 heterocycles. The summed E-state index contributed by atoms with van der Waals surface area (Å²) in [6.07, 6.45) is 1.97. The smallest absolute Gasteiger partial charge is 0.230 e. The lowest BCUT2D eigenvalue weighted by Gasteiger charge is -2.39. The van der Waals surface area contributed by atoms with Crippen LogP contribution in [0.2, 0.25) is 36.3 Å². The second kappa shape index (κ2) is 9.42. The summed E-state index contributed by atoms with van der Waals surface area (Å²) in [4.78, 5) is 26.1. The Morgan fingerprint density at radius 2 is 1.59 bits per heavy atom. The molecule has 39 heavy (non-hydrogen) atoms. The van der Waals surface area contributed by atoms with Crippen LogP contribution in [0.4, 0.5) is 5.82 Å². The van der Waals surface area contributed by atoms with Gasteiger partial charge in [-0.1, -0.05) is 62.3 Å². The predicted octanol–water partition coefficient (Wildman–Crippen LogP) is 5.85. The molecule has 1 amide bonds. The van der Waals surface area contributed by atoms with E-state index in [0.717, 1.165) is 0 Å². The highest BCUT2D eigenvalue weighted by Crippen LogP contribution is 2.56. The Morgan fingerprint density at radius 1 is 0.974 bits per heavy atom. The minimum atomic E-state index is -2.20. The molecule has 2 aliphatic rings. The molecule has 4 atom stereocenters. The van der Waals surface area contributed by atoms with E-state index in [1.165, 1.54) is 6.33 Å². The number of nitrogens with one attached hydrogen (secondary N) is 1. The van der Waals surface area contributed by atoms with Gasteiger partial charge in [-0.05, 0) is 36.3 Å². The van der Waals surface area contributed by atoms with Crippen LogP contribution in [-0.2, 0) is 23.1 Å². The first kappa shape index (κ1) is 30.3. The molecule has 0 radical (unpaired) electrons. The molecule has 0 aliphatic carbocycles. The number of epoxide rings is 1. The van der Waals surface area contributed by atoms with Crippen molar-refractivity contribution in [3.63, 3.8) is 0 Å². The Labute approximate surface area is 234 Å². The van der Waals surface area contributed by atoms with Crippen molar-refractivity contribution in [1.82, 2.24) is 19.5 Å². The van der Waals surface area contributed by atoms with Crippen LogP contribution in [0.3, 0.4) is 0 Å². The van der Waals surface area contributed by atoms with E-state index < -0.39 is 34.1 Å². The van der Waals surface area contributed by atoms with Crippen LogP contribution >= 0.6 is 0 Å². The van der Waals surface area contributed by atoms with E-state index in [1.54, 1.807) is 6.33 Å². The van der Waals surface area contributed by atoms with E-state index >= 15 is 0 Å². The minimum Gasteiger partial charge on any atom is -0.411 e. The molecule has 218 valence electrons. The predicted molar refractivity (Wildman–Crippen MR) is 156 cm³/mol. The minimum absolute atomic E-state index is 0.00108. The molecular formula is C27H47N5O5Si2. The van der Waals surface area contributed by atoms with Gasteiger partial charge in [0.15, 0.2) is 39.8 Å². The van der Waals surface area contributed by atoms with E-state index in [1.807, 2.05) is 25.3 Å². The van der Waals surface area contributed by atoms with Crippen LogP contribution in [0, 0.1) is 5.41 Å². The topological polar surface area (TPSA) is 113 Å². The van der Waals surface area contributed by atoms with E-state index in [2.05, 4.69) is 88.0 Å². The SMILES string of the molecule is CC(C)(C)C(=O)Nc1ncnc2c1ncn2[C@@H]1O[C@]2(CO[Si](C)(C)C(C)(C)C)O[C@@H]2[C@H]1O[Si](C)(C)C(C)(C)C. The highest BCUT2D eigenvalue weighted by Gasteiger charge is 2.72. The summed E-state index contributed by atoms with van der Waals surface area (Å²) in [5, 5.41) is 2.97. The lowest BCUT2D eigenvalue weighted by Crippen LogP contribution is -2.47. The third-order valence-corrected chi connectivity index (χ3v) is 17.8. The number of fused-ring (bicyclic) bond motifs is 2. The van der Waals surface area contributed by atoms with Gasteiger partial charge in [-0.2, -0.15) is 0 Å². The molecule has 0 saturated carbocycles. The first-order valence-corrected chi connectivity index (χ1v) is 19.6. The van der Waals surface area contributed by atoms with E-state index in [0.29, 0.717) is 23.6 Å². The molecule has 0 spiro atoms. The summed E-state index contributed by atoms with van der Waals surface area (Å²) in [5.74, 6) is -0.652. The van der Waals surface area contributed by atoms with Crippen LogP contribution in [0.5, 0.6) is 0 Å². The first-order valence-electron chi connectivity index (χ1n) is 13.8. The van der Waals surface area contributed by atoms with Crippen molar-refractivity contribution in [2.75, 3.05) is 11.9 Å². The summed E-state index contributed by atoms with van der Waals surface area (Å²) < 4.78 is 28.3. The molecule has 2 aromatic rings. The van der Waals surface area contributed by atoms with Crippen molar-refractivity contribution >= 4 is 39.5 Å². The van der Waals surface area contributed by atoms with Gasteiger partial charge in [0, 0.05) is 5.41 Å². The first-order chi connectivity index (χ1) is 17.6. The average molecular weight is 578 g/mol. The molecule has 2 aromatic heterocycles. The van der Waals surface area contributed by atoms with Gasteiger partial charge in [0.25, 0.3) is 0 Å². The van der Waals surface area contributed by atoms with Crippen molar-refractivity contribution in [1.29, 1.82) is 0 Å². The zero-order chi connectivity index (χ0) is 29.4. The Morgan fingerprint density at radius 3 is 2.15 bits per heavy atom. The second-order valence-corrected chi connectivity index (χ2v) is 24.6. The monoisotopic (exact) mass is 577 g/mol. The number of imidazole rings is 1. The van der Waals surface area contributed by atoms with Crippen molar-refractivity contribution < 1.29 is 23.1 Å². The van der Waals surface area contributed by atoms with Crippen molar-refractivity contribution in [3.05, 3.63) is 12.7 Å². The Kier molecular flexibility index (Phi) is 7.30. The number of nitrogens with zero attached hydrogens (tertiary/aromatic N) is 4. The van der Waals surface area contributed by atoms with Gasteiger partial charge in [0.05, 0.1) is 12.9 Å². The van der Waals surface area contributed by atoms with Crippen LogP contribution in [-0.4, -0.2) is 66.7 Å². The second-order valence-electron chi connectivity index (χ2n) is 15.0.